The normalized spacial score (nSPS) is 9.94. The second-order valence-corrected chi connectivity index (χ2v) is 5.31. The molecule has 0 bridgehead atoms. The predicted octanol–water partition coefficient (Wildman–Crippen LogP) is 3.65. The first kappa shape index (κ1) is 12.1. The number of thiazole rings is 1. The van der Waals surface area contributed by atoms with Crippen LogP contribution in [0.5, 0.6) is 0 Å². The highest BCUT2D eigenvalue weighted by atomic mass is 79.9. The number of carbonyl (C=O) groups excluding carboxylic acids is 1. The maximum absolute atomic E-state index is 11.4. The van der Waals surface area contributed by atoms with E-state index in [1.54, 1.807) is 5.38 Å². The van der Waals surface area contributed by atoms with Crippen LogP contribution in [0, 0.1) is 0 Å². The van der Waals surface area contributed by atoms with Crippen LogP contribution in [0.1, 0.15) is 5.56 Å². The third kappa shape index (κ3) is 3.83. The molecule has 0 aliphatic heterocycles. The first-order valence-corrected chi connectivity index (χ1v) is 6.50. The monoisotopic (exact) mass is 312 g/mol. The second kappa shape index (κ2) is 5.79. The lowest BCUT2D eigenvalue weighted by Gasteiger charge is -2.04. The molecule has 0 spiro atoms. The topological polar surface area (TPSA) is 51.2 Å². The van der Waals surface area contributed by atoms with Crippen molar-refractivity contribution in [3.8, 4) is 0 Å². The standard InChI is InChI=1S/C11H9BrN2O2S/c12-10-13-9(7-17-10)14-11(15)16-6-8-4-2-1-3-5-8/h1-5,7H,6H2,(H,14,15). The van der Waals surface area contributed by atoms with E-state index >= 15 is 0 Å². The number of hydrogen-bond acceptors (Lipinski definition) is 4. The van der Waals surface area contributed by atoms with Gasteiger partial charge in [-0.15, -0.1) is 11.3 Å². The van der Waals surface area contributed by atoms with Gasteiger partial charge in [-0.25, -0.2) is 9.78 Å². The highest BCUT2D eigenvalue weighted by Gasteiger charge is 2.06. The number of halogens is 1. The molecule has 0 radical (unpaired) electrons. The smallest absolute Gasteiger partial charge is 0.413 e. The number of amides is 1. The van der Waals surface area contributed by atoms with Crippen LogP contribution in [0.3, 0.4) is 0 Å². The van der Waals surface area contributed by atoms with E-state index in [4.69, 9.17) is 4.74 Å². The Bertz CT molecular complexity index is 501. The third-order valence-electron chi connectivity index (χ3n) is 1.92. The Hall–Kier alpha value is -1.40. The largest absolute Gasteiger partial charge is 0.444 e. The van der Waals surface area contributed by atoms with Crippen molar-refractivity contribution in [2.45, 2.75) is 6.61 Å². The number of ether oxygens (including phenoxy) is 1. The van der Waals surface area contributed by atoms with E-state index in [9.17, 15) is 4.79 Å². The van der Waals surface area contributed by atoms with E-state index in [1.807, 2.05) is 30.3 Å². The van der Waals surface area contributed by atoms with E-state index in [1.165, 1.54) is 11.3 Å². The maximum atomic E-state index is 11.4. The van der Waals surface area contributed by atoms with Crippen LogP contribution in [-0.2, 0) is 11.3 Å². The Morgan fingerprint density at radius 3 is 2.82 bits per heavy atom. The van der Waals surface area contributed by atoms with Crippen molar-refractivity contribution in [2.75, 3.05) is 5.32 Å². The zero-order valence-corrected chi connectivity index (χ0v) is 11.1. The minimum absolute atomic E-state index is 0.248. The molecule has 1 aromatic heterocycles. The summed E-state index contributed by atoms with van der Waals surface area (Å²) in [6.07, 6.45) is -0.508. The number of carbonyl (C=O) groups is 1. The summed E-state index contributed by atoms with van der Waals surface area (Å²) < 4.78 is 5.76. The second-order valence-electron chi connectivity index (χ2n) is 3.17. The summed E-state index contributed by atoms with van der Waals surface area (Å²) in [5, 5.41) is 4.27. The molecule has 0 unspecified atom stereocenters. The van der Waals surface area contributed by atoms with Gasteiger partial charge in [-0.1, -0.05) is 30.3 Å². The molecule has 4 nitrogen and oxygen atoms in total. The molecule has 0 saturated heterocycles. The summed E-state index contributed by atoms with van der Waals surface area (Å²) in [4.78, 5) is 15.4. The van der Waals surface area contributed by atoms with Gasteiger partial charge in [0.2, 0.25) is 0 Å². The number of anilines is 1. The summed E-state index contributed by atoms with van der Waals surface area (Å²) in [5.41, 5.74) is 0.946. The van der Waals surface area contributed by atoms with Gasteiger partial charge >= 0.3 is 6.09 Å². The molecule has 1 amide bonds. The van der Waals surface area contributed by atoms with Gasteiger partial charge in [-0.2, -0.15) is 0 Å². The number of rotatable bonds is 3. The van der Waals surface area contributed by atoms with Crippen LogP contribution in [-0.4, -0.2) is 11.1 Å². The quantitative estimate of drug-likeness (QED) is 0.941. The van der Waals surface area contributed by atoms with Gasteiger partial charge < -0.3 is 4.74 Å². The molecule has 0 aliphatic carbocycles. The Kier molecular flexibility index (Phi) is 4.11. The molecule has 0 saturated carbocycles. The predicted molar refractivity (Wildman–Crippen MR) is 70.1 cm³/mol. The molecule has 0 aliphatic rings. The Morgan fingerprint density at radius 1 is 1.41 bits per heavy atom. The Labute approximate surface area is 111 Å². The molecule has 17 heavy (non-hydrogen) atoms. The highest BCUT2D eigenvalue weighted by Crippen LogP contribution is 2.19. The van der Waals surface area contributed by atoms with Gasteiger partial charge in [0, 0.05) is 5.38 Å². The van der Waals surface area contributed by atoms with Crippen molar-refractivity contribution >= 4 is 39.2 Å². The lowest BCUT2D eigenvalue weighted by molar-refractivity contribution is 0.155. The highest BCUT2D eigenvalue weighted by molar-refractivity contribution is 9.11. The van der Waals surface area contributed by atoms with Gasteiger partial charge in [-0.3, -0.25) is 5.32 Å². The zero-order valence-electron chi connectivity index (χ0n) is 8.72. The molecule has 0 atom stereocenters. The Balaban J connectivity index is 1.82. The summed E-state index contributed by atoms with van der Waals surface area (Å²) in [6, 6.07) is 9.50. The van der Waals surface area contributed by atoms with E-state index in [2.05, 4.69) is 26.2 Å². The Morgan fingerprint density at radius 2 is 2.18 bits per heavy atom. The van der Waals surface area contributed by atoms with Crippen molar-refractivity contribution < 1.29 is 9.53 Å². The molecule has 1 aromatic carbocycles. The van der Waals surface area contributed by atoms with Gasteiger partial charge in [0.25, 0.3) is 0 Å². The lowest BCUT2D eigenvalue weighted by Crippen LogP contribution is -2.13. The minimum Gasteiger partial charge on any atom is -0.444 e. The maximum Gasteiger partial charge on any atom is 0.413 e. The van der Waals surface area contributed by atoms with Crippen LogP contribution in [0.15, 0.2) is 39.6 Å². The number of benzene rings is 1. The molecule has 88 valence electrons. The summed E-state index contributed by atoms with van der Waals surface area (Å²) >= 11 is 4.61. The summed E-state index contributed by atoms with van der Waals surface area (Å²) in [6.45, 7) is 0.248. The molecule has 1 N–H and O–H groups in total. The third-order valence-corrected chi connectivity index (χ3v) is 3.28. The van der Waals surface area contributed by atoms with E-state index in [0.29, 0.717) is 5.82 Å². The van der Waals surface area contributed by atoms with Gasteiger partial charge in [-0.05, 0) is 21.5 Å². The number of nitrogens with one attached hydrogen (secondary N) is 1. The van der Waals surface area contributed by atoms with Crippen molar-refractivity contribution in [3.63, 3.8) is 0 Å². The first-order chi connectivity index (χ1) is 8.24. The molecular weight excluding hydrogens is 304 g/mol. The fraction of sp³-hybridized carbons (Fsp3) is 0.0909. The van der Waals surface area contributed by atoms with Crippen molar-refractivity contribution in [1.82, 2.24) is 4.98 Å². The van der Waals surface area contributed by atoms with E-state index in [0.717, 1.165) is 9.48 Å². The molecular formula is C11H9BrN2O2S. The molecule has 2 rings (SSSR count). The van der Waals surface area contributed by atoms with Crippen molar-refractivity contribution in [2.24, 2.45) is 0 Å². The average molecular weight is 313 g/mol. The SMILES string of the molecule is O=C(Nc1csc(Br)n1)OCc1ccccc1. The van der Waals surface area contributed by atoms with Gasteiger partial charge in [0.15, 0.2) is 3.92 Å². The van der Waals surface area contributed by atoms with E-state index < -0.39 is 6.09 Å². The molecule has 2 aromatic rings. The molecule has 6 heteroatoms. The average Bonchev–Trinajstić information content (AvgIpc) is 2.73. The molecule has 0 fully saturated rings. The summed E-state index contributed by atoms with van der Waals surface area (Å²) in [7, 11) is 0. The van der Waals surface area contributed by atoms with Gasteiger partial charge in [0.1, 0.15) is 12.4 Å². The van der Waals surface area contributed by atoms with Crippen molar-refractivity contribution in [3.05, 3.63) is 45.2 Å². The van der Waals surface area contributed by atoms with Crippen LogP contribution in [0.4, 0.5) is 10.6 Å². The van der Waals surface area contributed by atoms with Crippen LogP contribution in [0.2, 0.25) is 0 Å². The van der Waals surface area contributed by atoms with Gasteiger partial charge in [0.05, 0.1) is 0 Å². The fourth-order valence-corrected chi connectivity index (χ4v) is 2.12. The minimum atomic E-state index is -0.508. The number of nitrogens with zero attached hydrogens (tertiary/aromatic N) is 1. The first-order valence-electron chi connectivity index (χ1n) is 4.83. The lowest BCUT2D eigenvalue weighted by atomic mass is 10.2. The van der Waals surface area contributed by atoms with Crippen LogP contribution >= 0.6 is 27.3 Å². The number of aromatic nitrogens is 1. The zero-order chi connectivity index (χ0) is 12.1. The number of hydrogen-bond donors (Lipinski definition) is 1. The molecule has 1 heterocycles. The van der Waals surface area contributed by atoms with Crippen LogP contribution < -0.4 is 5.32 Å². The van der Waals surface area contributed by atoms with Crippen LogP contribution in [0.25, 0.3) is 0 Å². The van der Waals surface area contributed by atoms with E-state index in [-0.39, 0.29) is 6.61 Å². The summed E-state index contributed by atoms with van der Waals surface area (Å²) in [5.74, 6) is 0.486. The fourth-order valence-electron chi connectivity index (χ4n) is 1.17. The van der Waals surface area contributed by atoms with Crippen molar-refractivity contribution in [1.29, 1.82) is 0 Å².